The van der Waals surface area contributed by atoms with Crippen LogP contribution in [0.5, 0.6) is 0 Å². The smallest absolute Gasteiger partial charge is 0.399 e. The first-order valence-corrected chi connectivity index (χ1v) is 14.3. The van der Waals surface area contributed by atoms with Crippen LogP contribution in [0.25, 0.3) is 10.1 Å². The average molecular weight is 577 g/mol. The standard InChI is InChI=1S/C24H31F2N2O8PS/c1-5-35-19(29)13-36-16-8-9-28(12-16)22(31)20(23(2,3)4)27-21(30)18-11-14-10-15(6-7-17(14)38-18)24(25,26)37(32,33)34/h6-7,10-11,16,20H,5,8-9,12-13H2,1-4H3,(H,27,30)(H2,32,33,34)/t16-,20+/m0/s1. The van der Waals surface area contributed by atoms with Crippen molar-refractivity contribution >= 4 is 46.8 Å². The lowest BCUT2D eigenvalue weighted by molar-refractivity contribution is -0.150. The van der Waals surface area contributed by atoms with E-state index in [1.54, 1.807) is 32.6 Å². The molecule has 1 aliphatic rings. The zero-order valence-electron chi connectivity index (χ0n) is 21.4. The summed E-state index contributed by atoms with van der Waals surface area (Å²) in [6.45, 7) is 7.73. The first-order valence-electron chi connectivity index (χ1n) is 11.9. The van der Waals surface area contributed by atoms with Crippen LogP contribution in [-0.2, 0) is 29.3 Å². The zero-order valence-corrected chi connectivity index (χ0v) is 23.1. The van der Waals surface area contributed by atoms with Crippen LogP contribution in [0.1, 0.15) is 49.4 Å². The number of nitrogens with one attached hydrogen (secondary N) is 1. The molecule has 38 heavy (non-hydrogen) atoms. The second-order valence-electron chi connectivity index (χ2n) is 10.0. The summed E-state index contributed by atoms with van der Waals surface area (Å²) in [5.74, 6) is -1.40. The van der Waals surface area contributed by atoms with E-state index in [4.69, 9.17) is 19.3 Å². The average Bonchev–Trinajstić information content (AvgIpc) is 3.46. The van der Waals surface area contributed by atoms with Gasteiger partial charge in [-0.05, 0) is 42.3 Å². The molecule has 3 rings (SSSR count). The van der Waals surface area contributed by atoms with Gasteiger partial charge in [-0.3, -0.25) is 14.2 Å². The van der Waals surface area contributed by atoms with Crippen molar-refractivity contribution in [2.75, 3.05) is 26.3 Å². The minimum absolute atomic E-state index is 0.149. The SMILES string of the molecule is CCOC(=O)CO[C@H]1CCN(C(=O)[C@@H](NC(=O)c2cc3cc(C(F)(F)P(=O)(O)O)ccc3s2)C(C)(C)C)C1. The number of rotatable bonds is 9. The third-order valence-corrected chi connectivity index (χ3v) is 8.15. The predicted octanol–water partition coefficient (Wildman–Crippen LogP) is 3.45. The molecule has 10 nitrogen and oxygen atoms in total. The van der Waals surface area contributed by atoms with Crippen molar-refractivity contribution in [2.45, 2.75) is 51.9 Å². The highest BCUT2D eigenvalue weighted by atomic mass is 32.1. The van der Waals surface area contributed by atoms with Crippen LogP contribution in [0, 0.1) is 5.41 Å². The van der Waals surface area contributed by atoms with Gasteiger partial charge in [0.05, 0.1) is 17.6 Å². The minimum atomic E-state index is -5.74. The lowest BCUT2D eigenvalue weighted by Crippen LogP contribution is -2.54. The highest BCUT2D eigenvalue weighted by Crippen LogP contribution is 2.59. The summed E-state index contributed by atoms with van der Waals surface area (Å²) in [5.41, 5.74) is -5.91. The Kier molecular flexibility index (Phi) is 8.99. The van der Waals surface area contributed by atoms with Crippen LogP contribution in [0.15, 0.2) is 24.3 Å². The first-order chi connectivity index (χ1) is 17.5. The molecule has 1 aromatic carbocycles. The molecule has 0 spiro atoms. The van der Waals surface area contributed by atoms with Gasteiger partial charge in [0.25, 0.3) is 5.91 Å². The van der Waals surface area contributed by atoms with E-state index in [0.717, 1.165) is 23.5 Å². The van der Waals surface area contributed by atoms with E-state index in [0.29, 0.717) is 17.7 Å². The van der Waals surface area contributed by atoms with Gasteiger partial charge in [0.15, 0.2) is 0 Å². The molecule has 0 aliphatic carbocycles. The number of halogens is 2. The molecule has 2 amide bonds. The lowest BCUT2D eigenvalue weighted by atomic mass is 9.85. The summed E-state index contributed by atoms with van der Waals surface area (Å²) < 4.78 is 50.3. The van der Waals surface area contributed by atoms with Crippen LogP contribution in [-0.4, -0.2) is 70.9 Å². The Morgan fingerprint density at radius 1 is 1.24 bits per heavy atom. The van der Waals surface area contributed by atoms with Gasteiger partial charge in [0.1, 0.15) is 12.6 Å². The highest BCUT2D eigenvalue weighted by molar-refractivity contribution is 7.52. The molecule has 14 heteroatoms. The minimum Gasteiger partial charge on any atom is -0.464 e. The van der Waals surface area contributed by atoms with Crippen LogP contribution >= 0.6 is 18.9 Å². The molecular weight excluding hydrogens is 545 g/mol. The topological polar surface area (TPSA) is 142 Å². The fraction of sp³-hybridized carbons (Fsp3) is 0.542. The number of carbonyl (C=O) groups is 3. The fourth-order valence-electron chi connectivity index (χ4n) is 4.00. The summed E-state index contributed by atoms with van der Waals surface area (Å²) >= 11 is 1.00. The van der Waals surface area contributed by atoms with Crippen LogP contribution in [0.2, 0.25) is 0 Å². The number of likely N-dealkylation sites (tertiary alicyclic amines) is 1. The maximum Gasteiger partial charge on any atom is 0.399 e. The summed E-state index contributed by atoms with van der Waals surface area (Å²) in [7, 11) is -5.74. The second-order valence-corrected chi connectivity index (χ2v) is 12.8. The zero-order chi connectivity index (χ0) is 28.5. The van der Waals surface area contributed by atoms with Gasteiger partial charge in [0.2, 0.25) is 5.91 Å². The number of carbonyl (C=O) groups excluding carboxylic acids is 3. The molecule has 210 valence electrons. The van der Waals surface area contributed by atoms with Gasteiger partial charge in [0, 0.05) is 23.4 Å². The summed E-state index contributed by atoms with van der Waals surface area (Å²) in [4.78, 5) is 57.8. The van der Waals surface area contributed by atoms with Crippen molar-refractivity contribution in [3.8, 4) is 0 Å². The van der Waals surface area contributed by atoms with E-state index in [1.165, 1.54) is 12.1 Å². The number of hydrogen-bond acceptors (Lipinski definition) is 7. The van der Waals surface area contributed by atoms with Gasteiger partial charge in [-0.2, -0.15) is 8.78 Å². The van der Waals surface area contributed by atoms with Crippen LogP contribution < -0.4 is 5.32 Å². The van der Waals surface area contributed by atoms with E-state index in [-0.39, 0.29) is 42.0 Å². The van der Waals surface area contributed by atoms with Crippen molar-refractivity contribution < 1.29 is 47.0 Å². The molecule has 1 fully saturated rings. The predicted molar refractivity (Wildman–Crippen MR) is 136 cm³/mol. The summed E-state index contributed by atoms with van der Waals surface area (Å²) in [6.07, 6.45) is 0.177. The number of ether oxygens (including phenoxy) is 2. The number of thiophene rings is 1. The number of alkyl halides is 2. The summed E-state index contributed by atoms with van der Waals surface area (Å²) in [6, 6.07) is 3.54. The maximum atomic E-state index is 14.1. The molecule has 2 aromatic rings. The molecule has 0 unspecified atom stereocenters. The molecule has 2 heterocycles. The molecule has 1 saturated heterocycles. The number of esters is 1. The van der Waals surface area contributed by atoms with E-state index >= 15 is 0 Å². The van der Waals surface area contributed by atoms with E-state index in [2.05, 4.69) is 5.32 Å². The lowest BCUT2D eigenvalue weighted by Gasteiger charge is -2.33. The summed E-state index contributed by atoms with van der Waals surface area (Å²) in [5, 5.41) is 2.97. The Labute approximate surface area is 222 Å². The van der Waals surface area contributed by atoms with Gasteiger partial charge in [-0.1, -0.05) is 26.8 Å². The van der Waals surface area contributed by atoms with Gasteiger partial charge in [-0.25, -0.2) is 4.79 Å². The third kappa shape index (κ3) is 6.76. The highest BCUT2D eigenvalue weighted by Gasteiger charge is 2.50. The van der Waals surface area contributed by atoms with E-state index < -0.39 is 42.2 Å². The normalized spacial score (nSPS) is 17.5. The van der Waals surface area contributed by atoms with Crippen molar-refractivity contribution in [1.82, 2.24) is 10.2 Å². The Bertz CT molecular complexity index is 1260. The quantitative estimate of drug-likeness (QED) is 0.304. The van der Waals surface area contributed by atoms with Gasteiger partial charge < -0.3 is 29.5 Å². The van der Waals surface area contributed by atoms with Crippen molar-refractivity contribution in [2.24, 2.45) is 5.41 Å². The Morgan fingerprint density at radius 3 is 2.53 bits per heavy atom. The van der Waals surface area contributed by atoms with E-state index in [9.17, 15) is 27.7 Å². The molecular formula is C24H31F2N2O8PS. The number of nitrogens with zero attached hydrogens (tertiary/aromatic N) is 1. The van der Waals surface area contributed by atoms with Crippen molar-refractivity contribution in [3.63, 3.8) is 0 Å². The maximum absolute atomic E-state index is 14.1. The van der Waals surface area contributed by atoms with Gasteiger partial charge in [-0.15, -0.1) is 11.3 Å². The molecule has 0 bridgehead atoms. The Hall–Kier alpha value is -2.44. The van der Waals surface area contributed by atoms with E-state index in [1.807, 2.05) is 0 Å². The molecule has 2 atom stereocenters. The van der Waals surface area contributed by atoms with Crippen molar-refractivity contribution in [3.05, 3.63) is 34.7 Å². The van der Waals surface area contributed by atoms with Gasteiger partial charge >= 0.3 is 19.2 Å². The number of fused-ring (bicyclic) bond motifs is 1. The molecule has 3 N–H and O–H groups in total. The van der Waals surface area contributed by atoms with Crippen molar-refractivity contribution in [1.29, 1.82) is 0 Å². The third-order valence-electron chi connectivity index (χ3n) is 6.04. The first kappa shape index (κ1) is 30.1. The number of amides is 2. The molecule has 0 radical (unpaired) electrons. The number of benzene rings is 1. The fourth-order valence-corrected chi connectivity index (χ4v) is 5.42. The monoisotopic (exact) mass is 576 g/mol. The van der Waals surface area contributed by atoms with Crippen LogP contribution in [0.4, 0.5) is 8.78 Å². The molecule has 0 saturated carbocycles. The largest absolute Gasteiger partial charge is 0.464 e. The van der Waals surface area contributed by atoms with Crippen LogP contribution in [0.3, 0.4) is 0 Å². The second kappa shape index (κ2) is 11.4. The molecule has 1 aromatic heterocycles. The Balaban J connectivity index is 1.73. The number of hydrogen-bond donors (Lipinski definition) is 3. The molecule has 1 aliphatic heterocycles. The Morgan fingerprint density at radius 2 is 1.92 bits per heavy atom.